The number of nitrogens with zero attached hydrogens (tertiary/aromatic N) is 2. The molecule has 0 saturated heterocycles. The van der Waals surface area contributed by atoms with Crippen molar-refractivity contribution in [1.82, 2.24) is 10.2 Å². The van der Waals surface area contributed by atoms with E-state index in [-0.39, 0.29) is 10.7 Å². The lowest BCUT2D eigenvalue weighted by Gasteiger charge is -2.08. The van der Waals surface area contributed by atoms with Crippen molar-refractivity contribution in [2.24, 2.45) is 0 Å². The fourth-order valence-corrected chi connectivity index (χ4v) is 2.64. The molecule has 112 valence electrons. The molecule has 0 fully saturated rings. The number of benzene rings is 1. The van der Waals surface area contributed by atoms with E-state index in [1.807, 2.05) is 13.8 Å². The summed E-state index contributed by atoms with van der Waals surface area (Å²) in [5, 5.41) is 10.8. The standard InChI is InChI=1S/C14H18N4O2S/c1-3-10-15-13-8-9-14(17-16-13)18-21(19,20)12-6-4-11(2)5-7-12/h4-9H,3,10H2,1-2H3,(H,15,16)(H,17,18). The molecule has 1 heterocycles. The van der Waals surface area contributed by atoms with Gasteiger partial charge in [-0.25, -0.2) is 8.42 Å². The van der Waals surface area contributed by atoms with E-state index in [2.05, 4.69) is 20.2 Å². The Morgan fingerprint density at radius 2 is 1.62 bits per heavy atom. The minimum atomic E-state index is -3.63. The quantitative estimate of drug-likeness (QED) is 0.856. The van der Waals surface area contributed by atoms with Gasteiger partial charge in [0, 0.05) is 6.54 Å². The molecular weight excluding hydrogens is 288 g/mol. The van der Waals surface area contributed by atoms with Crippen LogP contribution >= 0.6 is 0 Å². The van der Waals surface area contributed by atoms with Crippen LogP contribution in [-0.2, 0) is 10.0 Å². The zero-order chi connectivity index (χ0) is 15.3. The number of nitrogens with one attached hydrogen (secondary N) is 2. The molecule has 6 nitrogen and oxygen atoms in total. The van der Waals surface area contributed by atoms with Crippen LogP contribution in [0.4, 0.5) is 11.6 Å². The van der Waals surface area contributed by atoms with Crippen LogP contribution in [0.1, 0.15) is 18.9 Å². The van der Waals surface area contributed by atoms with Crippen molar-refractivity contribution >= 4 is 21.7 Å². The first-order valence-electron chi connectivity index (χ1n) is 6.68. The lowest BCUT2D eigenvalue weighted by atomic mass is 10.2. The summed E-state index contributed by atoms with van der Waals surface area (Å²) in [4.78, 5) is 0.197. The minimum absolute atomic E-state index is 0.192. The van der Waals surface area contributed by atoms with Crippen molar-refractivity contribution in [3.63, 3.8) is 0 Å². The van der Waals surface area contributed by atoms with Crippen LogP contribution in [0.15, 0.2) is 41.3 Å². The number of sulfonamides is 1. The van der Waals surface area contributed by atoms with Crippen LogP contribution in [0.3, 0.4) is 0 Å². The van der Waals surface area contributed by atoms with E-state index in [0.29, 0.717) is 5.82 Å². The van der Waals surface area contributed by atoms with Gasteiger partial charge in [-0.1, -0.05) is 24.6 Å². The maximum atomic E-state index is 12.2. The molecule has 2 N–H and O–H groups in total. The summed E-state index contributed by atoms with van der Waals surface area (Å²) in [5.74, 6) is 0.813. The fraction of sp³-hybridized carbons (Fsp3) is 0.286. The number of hydrogen-bond donors (Lipinski definition) is 2. The molecule has 7 heteroatoms. The van der Waals surface area contributed by atoms with E-state index < -0.39 is 10.0 Å². The van der Waals surface area contributed by atoms with Crippen LogP contribution in [-0.4, -0.2) is 25.2 Å². The highest BCUT2D eigenvalue weighted by Gasteiger charge is 2.14. The van der Waals surface area contributed by atoms with Gasteiger partial charge in [0.25, 0.3) is 10.0 Å². The summed E-state index contributed by atoms with van der Waals surface area (Å²) < 4.78 is 26.8. The third kappa shape index (κ3) is 4.16. The predicted molar refractivity (Wildman–Crippen MR) is 82.8 cm³/mol. The Kier molecular flexibility index (Phi) is 4.74. The van der Waals surface area contributed by atoms with Crippen molar-refractivity contribution < 1.29 is 8.42 Å². The molecular formula is C14H18N4O2S. The monoisotopic (exact) mass is 306 g/mol. The Hall–Kier alpha value is -2.15. The van der Waals surface area contributed by atoms with Gasteiger partial charge in [-0.3, -0.25) is 4.72 Å². The van der Waals surface area contributed by atoms with Crippen molar-refractivity contribution in [2.75, 3.05) is 16.6 Å². The summed E-state index contributed by atoms with van der Waals surface area (Å²) in [6, 6.07) is 9.88. The average Bonchev–Trinajstić information content (AvgIpc) is 2.47. The molecule has 0 spiro atoms. The lowest BCUT2D eigenvalue weighted by Crippen LogP contribution is -2.14. The van der Waals surface area contributed by atoms with Crippen molar-refractivity contribution in [2.45, 2.75) is 25.2 Å². The molecule has 2 rings (SSSR count). The molecule has 2 aromatic rings. The van der Waals surface area contributed by atoms with E-state index in [0.717, 1.165) is 18.5 Å². The summed E-state index contributed by atoms with van der Waals surface area (Å²) in [5.41, 5.74) is 1.00. The zero-order valence-corrected chi connectivity index (χ0v) is 12.8. The largest absolute Gasteiger partial charge is 0.369 e. The Bertz CT molecular complexity index is 682. The molecule has 0 aliphatic carbocycles. The number of aromatic nitrogens is 2. The van der Waals surface area contributed by atoms with Crippen LogP contribution in [0, 0.1) is 6.92 Å². The number of rotatable bonds is 6. The highest BCUT2D eigenvalue weighted by atomic mass is 32.2. The maximum absolute atomic E-state index is 12.2. The molecule has 1 aromatic carbocycles. The second-order valence-corrected chi connectivity index (χ2v) is 6.33. The van der Waals surface area contributed by atoms with Crippen molar-refractivity contribution in [3.8, 4) is 0 Å². The first-order chi connectivity index (χ1) is 10.0. The van der Waals surface area contributed by atoms with E-state index in [9.17, 15) is 8.42 Å². The number of aryl methyl sites for hydroxylation is 1. The second-order valence-electron chi connectivity index (χ2n) is 4.65. The number of anilines is 2. The Morgan fingerprint density at radius 1 is 1.00 bits per heavy atom. The lowest BCUT2D eigenvalue weighted by molar-refractivity contribution is 0.601. The normalized spacial score (nSPS) is 11.1. The number of hydrogen-bond acceptors (Lipinski definition) is 5. The summed E-state index contributed by atoms with van der Waals surface area (Å²) in [6.45, 7) is 4.74. The summed E-state index contributed by atoms with van der Waals surface area (Å²) >= 11 is 0. The molecule has 0 radical (unpaired) electrons. The first-order valence-corrected chi connectivity index (χ1v) is 8.16. The Labute approximate surface area is 124 Å². The van der Waals surface area contributed by atoms with Gasteiger partial charge in [0.2, 0.25) is 0 Å². The smallest absolute Gasteiger partial charge is 0.263 e. The van der Waals surface area contributed by atoms with Gasteiger partial charge in [0.1, 0.15) is 5.82 Å². The van der Waals surface area contributed by atoms with Crippen LogP contribution < -0.4 is 10.0 Å². The van der Waals surface area contributed by atoms with Crippen molar-refractivity contribution in [1.29, 1.82) is 0 Å². The van der Waals surface area contributed by atoms with Gasteiger partial charge >= 0.3 is 0 Å². The van der Waals surface area contributed by atoms with Crippen LogP contribution in [0.25, 0.3) is 0 Å². The maximum Gasteiger partial charge on any atom is 0.263 e. The van der Waals surface area contributed by atoms with Gasteiger partial charge in [0.15, 0.2) is 5.82 Å². The summed E-state index contributed by atoms with van der Waals surface area (Å²) in [6.07, 6.45) is 0.976. The van der Waals surface area contributed by atoms with E-state index in [4.69, 9.17) is 0 Å². The van der Waals surface area contributed by atoms with Gasteiger partial charge in [-0.15, -0.1) is 10.2 Å². The third-order valence-electron chi connectivity index (χ3n) is 2.79. The summed E-state index contributed by atoms with van der Waals surface area (Å²) in [7, 11) is -3.63. The Balaban J connectivity index is 2.11. The molecule has 1 aromatic heterocycles. The van der Waals surface area contributed by atoms with Gasteiger partial charge < -0.3 is 5.32 Å². The van der Waals surface area contributed by atoms with E-state index in [1.165, 1.54) is 0 Å². The molecule has 0 aliphatic heterocycles. The SMILES string of the molecule is CCCNc1ccc(NS(=O)(=O)c2ccc(C)cc2)nn1. The predicted octanol–water partition coefficient (Wildman–Crippen LogP) is 2.41. The molecule has 21 heavy (non-hydrogen) atoms. The second kappa shape index (κ2) is 6.53. The molecule has 0 saturated carbocycles. The van der Waals surface area contributed by atoms with Crippen molar-refractivity contribution in [3.05, 3.63) is 42.0 Å². The highest BCUT2D eigenvalue weighted by molar-refractivity contribution is 7.92. The van der Waals surface area contributed by atoms with Gasteiger partial charge in [0.05, 0.1) is 4.90 Å². The van der Waals surface area contributed by atoms with E-state index in [1.54, 1.807) is 36.4 Å². The Morgan fingerprint density at radius 3 is 2.19 bits per heavy atom. The van der Waals surface area contributed by atoms with Crippen LogP contribution in [0.2, 0.25) is 0 Å². The minimum Gasteiger partial charge on any atom is -0.369 e. The molecule has 0 unspecified atom stereocenters. The topological polar surface area (TPSA) is 84.0 Å². The van der Waals surface area contributed by atoms with Gasteiger partial charge in [-0.05, 0) is 37.6 Å². The highest BCUT2D eigenvalue weighted by Crippen LogP contribution is 2.15. The average molecular weight is 306 g/mol. The fourth-order valence-electron chi connectivity index (χ4n) is 1.65. The third-order valence-corrected chi connectivity index (χ3v) is 4.16. The molecule has 0 atom stereocenters. The molecule has 0 bridgehead atoms. The zero-order valence-electron chi connectivity index (χ0n) is 12.0. The van der Waals surface area contributed by atoms with Crippen LogP contribution in [0.5, 0.6) is 0 Å². The molecule has 0 amide bonds. The first kappa shape index (κ1) is 15.2. The molecule has 0 aliphatic rings. The van der Waals surface area contributed by atoms with Gasteiger partial charge in [-0.2, -0.15) is 0 Å². The van der Waals surface area contributed by atoms with E-state index >= 15 is 0 Å².